The summed E-state index contributed by atoms with van der Waals surface area (Å²) in [5, 5.41) is 2.74. The summed E-state index contributed by atoms with van der Waals surface area (Å²) in [5.74, 6) is -2.06. The number of benzene rings is 2. The van der Waals surface area contributed by atoms with Crippen LogP contribution in [0.3, 0.4) is 0 Å². The van der Waals surface area contributed by atoms with Crippen molar-refractivity contribution >= 4 is 35.1 Å². The first kappa shape index (κ1) is 21.7. The summed E-state index contributed by atoms with van der Waals surface area (Å²) in [5.41, 5.74) is 3.12. The highest BCUT2D eigenvalue weighted by atomic mass is 16.5. The molecule has 1 aliphatic carbocycles. The zero-order valence-electron chi connectivity index (χ0n) is 18.2. The van der Waals surface area contributed by atoms with Gasteiger partial charge in [-0.3, -0.25) is 19.3 Å². The number of amides is 3. The fraction of sp³-hybridized carbons (Fsp3) is 0.360. The highest BCUT2D eigenvalue weighted by Crippen LogP contribution is 2.40. The van der Waals surface area contributed by atoms with Crippen molar-refractivity contribution in [1.82, 2.24) is 0 Å². The van der Waals surface area contributed by atoms with E-state index in [9.17, 15) is 19.2 Å². The van der Waals surface area contributed by atoms with Gasteiger partial charge in [0.2, 0.25) is 11.8 Å². The van der Waals surface area contributed by atoms with Crippen molar-refractivity contribution in [2.75, 3.05) is 16.8 Å². The molecule has 1 saturated heterocycles. The zero-order valence-corrected chi connectivity index (χ0v) is 18.2. The number of fused-ring (bicyclic) bond motifs is 1. The summed E-state index contributed by atoms with van der Waals surface area (Å²) in [6.45, 7) is 3.36. The molecule has 1 N–H and O–H groups in total. The molecule has 1 saturated carbocycles. The second-order valence-corrected chi connectivity index (χ2v) is 8.50. The van der Waals surface area contributed by atoms with Crippen LogP contribution in [0.2, 0.25) is 0 Å². The molecular weight excluding hydrogens is 408 g/mol. The lowest BCUT2D eigenvalue weighted by Crippen LogP contribution is -2.31. The van der Waals surface area contributed by atoms with Gasteiger partial charge in [0.15, 0.2) is 6.61 Å². The maximum absolute atomic E-state index is 12.8. The largest absolute Gasteiger partial charge is 0.452 e. The molecule has 166 valence electrons. The van der Waals surface area contributed by atoms with Crippen LogP contribution in [0.4, 0.5) is 11.4 Å². The molecule has 0 unspecified atom stereocenters. The Morgan fingerprint density at radius 2 is 1.69 bits per heavy atom. The van der Waals surface area contributed by atoms with E-state index in [4.69, 9.17) is 4.74 Å². The first-order valence-corrected chi connectivity index (χ1v) is 10.9. The van der Waals surface area contributed by atoms with Gasteiger partial charge in [0, 0.05) is 5.69 Å². The van der Waals surface area contributed by atoms with E-state index >= 15 is 0 Å². The number of rotatable bonds is 5. The predicted molar refractivity (Wildman–Crippen MR) is 119 cm³/mol. The van der Waals surface area contributed by atoms with Crippen molar-refractivity contribution in [3.63, 3.8) is 0 Å². The Balaban J connectivity index is 1.41. The highest BCUT2D eigenvalue weighted by Gasteiger charge is 2.48. The fourth-order valence-corrected chi connectivity index (χ4v) is 4.46. The molecule has 7 heteroatoms. The maximum Gasteiger partial charge on any atom is 0.338 e. The standard InChI is InChI=1S/C25H26N2O5/c1-15-10-11-16(2)21(12-15)26-22(28)14-32-25(31)17-6-5-7-18(13-17)27-23(29)19-8-3-4-9-20(19)24(27)30/h5-7,10-13,19-20H,3-4,8-9,14H2,1-2H3,(H,26,28)/t19-,20-/m0/s1. The molecule has 0 aromatic heterocycles. The minimum absolute atomic E-state index is 0.178. The summed E-state index contributed by atoms with van der Waals surface area (Å²) < 4.78 is 5.16. The van der Waals surface area contributed by atoms with E-state index in [1.807, 2.05) is 32.0 Å². The number of carbonyl (C=O) groups is 4. The monoisotopic (exact) mass is 434 g/mol. The van der Waals surface area contributed by atoms with Crippen LogP contribution in [0.15, 0.2) is 42.5 Å². The van der Waals surface area contributed by atoms with Crippen LogP contribution in [0, 0.1) is 25.7 Å². The summed E-state index contributed by atoms with van der Waals surface area (Å²) >= 11 is 0. The molecule has 1 heterocycles. The topological polar surface area (TPSA) is 92.8 Å². The second kappa shape index (κ2) is 8.94. The maximum atomic E-state index is 12.8. The first-order valence-electron chi connectivity index (χ1n) is 10.9. The van der Waals surface area contributed by atoms with Gasteiger partial charge in [-0.2, -0.15) is 0 Å². The third-order valence-electron chi connectivity index (χ3n) is 6.18. The molecular formula is C25H26N2O5. The summed E-state index contributed by atoms with van der Waals surface area (Å²) in [7, 11) is 0. The number of hydrogen-bond donors (Lipinski definition) is 1. The molecule has 3 amide bonds. The number of carbonyl (C=O) groups excluding carboxylic acids is 4. The Morgan fingerprint density at radius 3 is 2.38 bits per heavy atom. The Hall–Kier alpha value is -3.48. The summed E-state index contributed by atoms with van der Waals surface area (Å²) in [4.78, 5) is 51.6. The van der Waals surface area contributed by atoms with Crippen LogP contribution in [0.5, 0.6) is 0 Å². The van der Waals surface area contributed by atoms with Gasteiger partial charge in [-0.15, -0.1) is 0 Å². The highest BCUT2D eigenvalue weighted by molar-refractivity contribution is 6.22. The van der Waals surface area contributed by atoms with Gasteiger partial charge in [-0.25, -0.2) is 4.79 Å². The lowest BCUT2D eigenvalue weighted by atomic mass is 9.81. The van der Waals surface area contributed by atoms with Crippen molar-refractivity contribution in [2.24, 2.45) is 11.8 Å². The molecule has 2 fully saturated rings. The van der Waals surface area contributed by atoms with Crippen molar-refractivity contribution in [3.8, 4) is 0 Å². The summed E-state index contributed by atoms with van der Waals surface area (Å²) in [6.07, 6.45) is 3.35. The quantitative estimate of drug-likeness (QED) is 0.571. The van der Waals surface area contributed by atoms with E-state index in [-0.39, 0.29) is 29.2 Å². The van der Waals surface area contributed by atoms with Crippen molar-refractivity contribution in [2.45, 2.75) is 39.5 Å². The number of imide groups is 1. The van der Waals surface area contributed by atoms with E-state index in [0.29, 0.717) is 11.4 Å². The molecule has 2 aliphatic rings. The molecule has 4 rings (SSSR count). The molecule has 2 aromatic rings. The van der Waals surface area contributed by atoms with Crippen LogP contribution >= 0.6 is 0 Å². The van der Waals surface area contributed by atoms with Crippen molar-refractivity contribution in [3.05, 3.63) is 59.2 Å². The molecule has 2 aromatic carbocycles. The molecule has 0 spiro atoms. The normalized spacial score (nSPS) is 20.1. The molecule has 7 nitrogen and oxygen atoms in total. The summed E-state index contributed by atoms with van der Waals surface area (Å²) in [6, 6.07) is 11.9. The van der Waals surface area contributed by atoms with Crippen LogP contribution in [-0.2, 0) is 19.1 Å². The van der Waals surface area contributed by atoms with E-state index in [2.05, 4.69) is 5.32 Å². The Morgan fingerprint density at radius 1 is 1.00 bits per heavy atom. The van der Waals surface area contributed by atoms with E-state index < -0.39 is 18.5 Å². The first-order chi connectivity index (χ1) is 15.3. The number of nitrogens with zero attached hydrogens (tertiary/aromatic N) is 1. The SMILES string of the molecule is Cc1ccc(C)c(NC(=O)COC(=O)c2cccc(N3C(=O)[C@H]4CCCC[C@@H]4C3=O)c2)c1. The number of anilines is 2. The second-order valence-electron chi connectivity index (χ2n) is 8.50. The fourth-order valence-electron chi connectivity index (χ4n) is 4.46. The third-order valence-corrected chi connectivity index (χ3v) is 6.18. The Labute approximate surface area is 186 Å². The minimum Gasteiger partial charge on any atom is -0.452 e. The van der Waals surface area contributed by atoms with Gasteiger partial charge in [-0.1, -0.05) is 31.0 Å². The van der Waals surface area contributed by atoms with E-state index in [1.165, 1.54) is 17.0 Å². The smallest absolute Gasteiger partial charge is 0.338 e. The molecule has 0 radical (unpaired) electrons. The minimum atomic E-state index is -0.695. The van der Waals surface area contributed by atoms with Crippen molar-refractivity contribution < 1.29 is 23.9 Å². The molecule has 0 bridgehead atoms. The third kappa shape index (κ3) is 4.28. The number of aryl methyl sites for hydroxylation is 2. The van der Waals surface area contributed by atoms with Gasteiger partial charge in [-0.05, 0) is 62.1 Å². The lowest BCUT2D eigenvalue weighted by molar-refractivity contribution is -0.122. The van der Waals surface area contributed by atoms with Gasteiger partial charge >= 0.3 is 5.97 Å². The Bertz CT molecular complexity index is 1070. The van der Waals surface area contributed by atoms with Gasteiger partial charge < -0.3 is 10.1 Å². The average molecular weight is 434 g/mol. The van der Waals surface area contributed by atoms with Crippen LogP contribution in [0.1, 0.15) is 47.2 Å². The predicted octanol–water partition coefficient (Wildman–Crippen LogP) is 3.78. The average Bonchev–Trinajstić information content (AvgIpc) is 3.05. The van der Waals surface area contributed by atoms with E-state index in [0.717, 1.165) is 36.8 Å². The Kier molecular flexibility index (Phi) is 6.08. The number of esters is 1. The number of nitrogens with one attached hydrogen (secondary N) is 1. The molecule has 32 heavy (non-hydrogen) atoms. The van der Waals surface area contributed by atoms with Crippen LogP contribution < -0.4 is 10.2 Å². The van der Waals surface area contributed by atoms with Crippen LogP contribution in [0.25, 0.3) is 0 Å². The van der Waals surface area contributed by atoms with E-state index in [1.54, 1.807) is 12.1 Å². The van der Waals surface area contributed by atoms with Crippen LogP contribution in [-0.4, -0.2) is 30.3 Å². The van der Waals surface area contributed by atoms with Gasteiger partial charge in [0.25, 0.3) is 5.91 Å². The zero-order chi connectivity index (χ0) is 22.8. The van der Waals surface area contributed by atoms with Gasteiger partial charge in [0.1, 0.15) is 0 Å². The number of hydrogen-bond acceptors (Lipinski definition) is 5. The molecule has 1 aliphatic heterocycles. The lowest BCUT2D eigenvalue weighted by Gasteiger charge is -2.19. The van der Waals surface area contributed by atoms with Gasteiger partial charge in [0.05, 0.1) is 23.1 Å². The van der Waals surface area contributed by atoms with Crippen molar-refractivity contribution in [1.29, 1.82) is 0 Å². The molecule has 2 atom stereocenters. The number of ether oxygens (including phenoxy) is 1.